The Kier molecular flexibility index (Phi) is 6.75. The van der Waals surface area contributed by atoms with Crippen LogP contribution in [0.3, 0.4) is 0 Å². The Morgan fingerprint density at radius 3 is 2.68 bits per heavy atom. The van der Waals surface area contributed by atoms with Gasteiger partial charge in [0.25, 0.3) is 0 Å². The molecule has 3 aliphatic rings. The number of hydrogen-bond donors (Lipinski definition) is 1. The third-order valence-corrected chi connectivity index (χ3v) is 7.34. The normalized spacial score (nSPS) is 24.4. The number of amides is 1. The van der Waals surface area contributed by atoms with Crippen molar-refractivity contribution in [2.75, 3.05) is 35.3 Å². The minimum atomic E-state index is 0.0198. The van der Waals surface area contributed by atoms with E-state index in [-0.39, 0.29) is 30.1 Å². The van der Waals surface area contributed by atoms with Crippen LogP contribution in [0, 0.1) is 5.92 Å². The lowest BCUT2D eigenvalue weighted by molar-refractivity contribution is -0.124. The van der Waals surface area contributed by atoms with E-state index in [1.54, 1.807) is 13.3 Å². The summed E-state index contributed by atoms with van der Waals surface area (Å²) in [6.07, 6.45) is 7.19. The van der Waals surface area contributed by atoms with Gasteiger partial charge in [-0.3, -0.25) is 4.79 Å². The van der Waals surface area contributed by atoms with Crippen molar-refractivity contribution >= 4 is 28.8 Å². The molecule has 1 aliphatic carbocycles. The number of rotatable bonds is 5. The van der Waals surface area contributed by atoms with E-state index < -0.39 is 0 Å². The largest absolute Gasteiger partial charge is 0.380 e. The number of benzene rings is 1. The molecule has 1 amide bonds. The second kappa shape index (κ2) is 9.92. The molecule has 3 heterocycles. The maximum absolute atomic E-state index is 13.9. The summed E-state index contributed by atoms with van der Waals surface area (Å²) in [6.45, 7) is 6.51. The van der Waals surface area contributed by atoms with E-state index in [1.807, 2.05) is 11.0 Å². The van der Waals surface area contributed by atoms with Gasteiger partial charge in [0.05, 0.1) is 36.2 Å². The maximum atomic E-state index is 13.9. The van der Waals surface area contributed by atoms with Crippen LogP contribution in [0.1, 0.15) is 51.5 Å². The summed E-state index contributed by atoms with van der Waals surface area (Å²) in [6, 6.07) is 10.4. The fraction of sp³-hybridized carbons (Fsp3) is 0.556. The molecule has 7 nitrogen and oxygen atoms in total. The van der Waals surface area contributed by atoms with Gasteiger partial charge in [-0.2, -0.15) is 0 Å². The van der Waals surface area contributed by atoms with Crippen molar-refractivity contribution in [2.45, 2.75) is 70.8 Å². The number of carbonyl (C=O) groups is 1. The van der Waals surface area contributed by atoms with Crippen molar-refractivity contribution in [3.63, 3.8) is 0 Å². The van der Waals surface area contributed by atoms with Crippen LogP contribution in [-0.2, 0) is 20.8 Å². The number of pyridine rings is 1. The Balaban J connectivity index is 1.43. The third kappa shape index (κ3) is 4.77. The summed E-state index contributed by atoms with van der Waals surface area (Å²) in [5, 5.41) is 3.49. The molecule has 1 aromatic heterocycles. The molecule has 0 spiro atoms. The van der Waals surface area contributed by atoms with Gasteiger partial charge in [-0.05, 0) is 70.2 Å². The molecule has 0 radical (unpaired) electrons. The van der Waals surface area contributed by atoms with E-state index >= 15 is 0 Å². The third-order valence-electron chi connectivity index (χ3n) is 7.34. The molecule has 1 saturated carbocycles. The summed E-state index contributed by atoms with van der Waals surface area (Å²) in [5.74, 6) is 1.05. The Morgan fingerprint density at radius 1 is 1.12 bits per heavy atom. The molecule has 0 bridgehead atoms. The molecule has 1 atom stereocenters. The summed E-state index contributed by atoms with van der Waals surface area (Å²) in [5.41, 5.74) is 4.02. The maximum Gasteiger partial charge on any atom is 0.230 e. The van der Waals surface area contributed by atoms with Crippen molar-refractivity contribution in [1.29, 1.82) is 0 Å². The van der Waals surface area contributed by atoms with Crippen LogP contribution in [0.2, 0.25) is 0 Å². The quantitative estimate of drug-likeness (QED) is 0.680. The Bertz CT molecular complexity index is 1020. The lowest BCUT2D eigenvalue weighted by Crippen LogP contribution is -2.38. The standard InChI is InChI=1S/C27H36N4O3/c1-18(2)34-22-9-6-19(7-10-22)27(32)31-16-20-5-4-13-28-26(20)29-24-11-8-21(15-25(24)31)30-14-12-23(17-30)33-3/h4-5,8,11,13,15,18-19,22-23H,6-7,9-10,12,14,16-17H2,1-3H3,(H,28,29)/t19?,22?,23-/m1/s1. The number of fused-ring (bicyclic) bond motifs is 2. The van der Waals surface area contributed by atoms with Gasteiger partial charge < -0.3 is 24.6 Å². The molecule has 2 fully saturated rings. The van der Waals surface area contributed by atoms with Crippen LogP contribution in [0.15, 0.2) is 36.5 Å². The Labute approximate surface area is 202 Å². The smallest absolute Gasteiger partial charge is 0.230 e. The van der Waals surface area contributed by atoms with Crippen molar-refractivity contribution < 1.29 is 14.3 Å². The molecule has 182 valence electrons. The van der Waals surface area contributed by atoms with Gasteiger partial charge in [0, 0.05) is 43.6 Å². The highest BCUT2D eigenvalue weighted by atomic mass is 16.5. The molecule has 2 aliphatic heterocycles. The zero-order chi connectivity index (χ0) is 23.7. The van der Waals surface area contributed by atoms with Crippen LogP contribution in [0.5, 0.6) is 0 Å². The molecule has 5 rings (SSSR count). The SMILES string of the molecule is CO[C@@H]1CCN(c2ccc3c(c2)N(C(=O)C2CCC(OC(C)C)CC2)Cc2cccnc2N3)C1. The predicted molar refractivity (Wildman–Crippen MR) is 135 cm³/mol. The minimum Gasteiger partial charge on any atom is -0.380 e. The van der Waals surface area contributed by atoms with Crippen molar-refractivity contribution in [3.8, 4) is 0 Å². The van der Waals surface area contributed by atoms with Crippen molar-refractivity contribution in [3.05, 3.63) is 42.1 Å². The zero-order valence-electron chi connectivity index (χ0n) is 20.5. The van der Waals surface area contributed by atoms with Crippen LogP contribution in [0.4, 0.5) is 22.9 Å². The van der Waals surface area contributed by atoms with Crippen LogP contribution >= 0.6 is 0 Å². The van der Waals surface area contributed by atoms with E-state index in [2.05, 4.69) is 53.3 Å². The summed E-state index contributed by atoms with van der Waals surface area (Å²) in [7, 11) is 1.78. The first kappa shape index (κ1) is 23.1. The fourth-order valence-electron chi connectivity index (χ4n) is 5.51. The van der Waals surface area contributed by atoms with E-state index in [9.17, 15) is 4.79 Å². The number of methoxy groups -OCH3 is 1. The van der Waals surface area contributed by atoms with Gasteiger partial charge in [0.1, 0.15) is 5.82 Å². The summed E-state index contributed by atoms with van der Waals surface area (Å²) < 4.78 is 11.6. The highest BCUT2D eigenvalue weighted by molar-refractivity contribution is 6.00. The molecule has 7 heteroatoms. The van der Waals surface area contributed by atoms with Crippen molar-refractivity contribution in [2.24, 2.45) is 5.92 Å². The van der Waals surface area contributed by atoms with Crippen LogP contribution < -0.4 is 15.1 Å². The first-order valence-corrected chi connectivity index (χ1v) is 12.6. The Hall–Kier alpha value is -2.64. The summed E-state index contributed by atoms with van der Waals surface area (Å²) in [4.78, 5) is 22.8. The van der Waals surface area contributed by atoms with Gasteiger partial charge in [-0.1, -0.05) is 6.07 Å². The number of hydrogen-bond acceptors (Lipinski definition) is 6. The average Bonchev–Trinajstić information content (AvgIpc) is 3.26. The van der Waals surface area contributed by atoms with E-state index in [4.69, 9.17) is 9.47 Å². The molecule has 1 saturated heterocycles. The monoisotopic (exact) mass is 464 g/mol. The number of carbonyl (C=O) groups excluding carboxylic acids is 1. The highest BCUT2D eigenvalue weighted by Gasteiger charge is 2.34. The first-order valence-electron chi connectivity index (χ1n) is 12.6. The summed E-state index contributed by atoms with van der Waals surface area (Å²) >= 11 is 0. The van der Waals surface area contributed by atoms with Gasteiger partial charge in [0.15, 0.2) is 0 Å². The van der Waals surface area contributed by atoms with Crippen molar-refractivity contribution in [1.82, 2.24) is 4.98 Å². The topological polar surface area (TPSA) is 66.9 Å². The van der Waals surface area contributed by atoms with E-state index in [1.165, 1.54) is 0 Å². The number of anilines is 4. The van der Waals surface area contributed by atoms with Gasteiger partial charge in [0.2, 0.25) is 5.91 Å². The molecular weight excluding hydrogens is 428 g/mol. The van der Waals surface area contributed by atoms with Gasteiger partial charge in [-0.15, -0.1) is 0 Å². The minimum absolute atomic E-state index is 0.0198. The van der Waals surface area contributed by atoms with E-state index in [0.717, 1.165) is 73.6 Å². The fourth-order valence-corrected chi connectivity index (χ4v) is 5.51. The zero-order valence-corrected chi connectivity index (χ0v) is 20.5. The number of aromatic nitrogens is 1. The Morgan fingerprint density at radius 2 is 1.94 bits per heavy atom. The second-order valence-electron chi connectivity index (χ2n) is 10.0. The van der Waals surface area contributed by atoms with Gasteiger partial charge >= 0.3 is 0 Å². The lowest BCUT2D eigenvalue weighted by Gasteiger charge is -2.33. The van der Waals surface area contributed by atoms with Crippen LogP contribution in [-0.4, -0.2) is 49.4 Å². The predicted octanol–water partition coefficient (Wildman–Crippen LogP) is 4.88. The molecule has 34 heavy (non-hydrogen) atoms. The molecule has 0 unspecified atom stereocenters. The number of ether oxygens (including phenoxy) is 2. The molecular formula is C27H36N4O3. The molecule has 1 N–H and O–H groups in total. The van der Waals surface area contributed by atoms with E-state index in [0.29, 0.717) is 6.54 Å². The van der Waals surface area contributed by atoms with Crippen LogP contribution in [0.25, 0.3) is 0 Å². The molecule has 1 aromatic carbocycles. The lowest BCUT2D eigenvalue weighted by atomic mass is 9.86. The number of nitrogens with zero attached hydrogens (tertiary/aromatic N) is 3. The first-order chi connectivity index (χ1) is 16.5. The van der Waals surface area contributed by atoms with Gasteiger partial charge in [-0.25, -0.2) is 4.98 Å². The molecule has 2 aromatic rings. The number of nitrogens with one attached hydrogen (secondary N) is 1. The highest BCUT2D eigenvalue weighted by Crippen LogP contribution is 2.40. The second-order valence-corrected chi connectivity index (χ2v) is 10.0. The average molecular weight is 465 g/mol.